The van der Waals surface area contributed by atoms with E-state index < -0.39 is 17.5 Å². The average Bonchev–Trinajstić information content (AvgIpc) is 2.72. The number of aliphatic hydroxyl groups excluding tert-OH is 1. The van der Waals surface area contributed by atoms with Crippen LogP contribution >= 0.6 is 0 Å². The number of carboxylic acids is 1. The molecule has 0 aromatic carbocycles. The molecule has 0 heterocycles. The van der Waals surface area contributed by atoms with Crippen LogP contribution in [0.3, 0.4) is 0 Å². The van der Waals surface area contributed by atoms with Gasteiger partial charge in [-0.1, -0.05) is 60.6 Å². The first-order chi connectivity index (χ1) is 15.6. The molecule has 0 aliphatic heterocycles. The Kier molecular flexibility index (Phi) is 4.90. The number of fused-ring (bicyclic) bond motifs is 6. The van der Waals surface area contributed by atoms with Crippen LogP contribution < -0.4 is 0 Å². The summed E-state index contributed by atoms with van der Waals surface area (Å²) in [7, 11) is 0. The fourth-order valence-corrected chi connectivity index (χ4v) is 9.74. The second kappa shape index (κ2) is 6.87. The number of hydrogen-bond acceptors (Lipinski definition) is 3. The summed E-state index contributed by atoms with van der Waals surface area (Å²) >= 11 is 0. The van der Waals surface area contributed by atoms with Crippen LogP contribution in [0.2, 0.25) is 0 Å². The van der Waals surface area contributed by atoms with E-state index in [2.05, 4.69) is 60.6 Å². The predicted molar refractivity (Wildman–Crippen MR) is 133 cm³/mol. The predicted octanol–water partition coefficient (Wildman–Crippen LogP) is 6.33. The van der Waals surface area contributed by atoms with Crippen LogP contribution in [0.1, 0.15) is 99.8 Å². The van der Waals surface area contributed by atoms with Crippen molar-refractivity contribution >= 4 is 11.8 Å². The molecule has 188 valence electrons. The summed E-state index contributed by atoms with van der Waals surface area (Å²) < 4.78 is 0. The Bertz CT molecular complexity index is 1020. The standard InChI is InChI=1S/C30H44O4/c1-25(2)16-19-18-8-9-21-27(5)12-11-22(31)26(3,4)20(27)10-13-29(21,7)28(18,6)14-15-30(19,24(33)34)17-23(25)32/h8-9,20-21,23,32H,10-17H2,1-7H3,(H,33,34)/t20-,21+,23+,27+,28+,29+,30+/m0/s1. The van der Waals surface area contributed by atoms with Gasteiger partial charge in [-0.05, 0) is 89.6 Å². The summed E-state index contributed by atoms with van der Waals surface area (Å²) in [6.45, 7) is 15.8. The summed E-state index contributed by atoms with van der Waals surface area (Å²) in [5, 5.41) is 21.4. The van der Waals surface area contributed by atoms with Gasteiger partial charge in [-0.15, -0.1) is 0 Å². The summed E-state index contributed by atoms with van der Waals surface area (Å²) in [6, 6.07) is 0. The van der Waals surface area contributed by atoms with Crippen molar-refractivity contribution in [3.63, 3.8) is 0 Å². The zero-order valence-corrected chi connectivity index (χ0v) is 22.3. The van der Waals surface area contributed by atoms with Crippen LogP contribution in [-0.4, -0.2) is 28.1 Å². The molecular formula is C30H44O4. The van der Waals surface area contributed by atoms with Crippen LogP contribution in [0.5, 0.6) is 0 Å². The minimum absolute atomic E-state index is 0.0245. The Morgan fingerprint density at radius 3 is 2.32 bits per heavy atom. The van der Waals surface area contributed by atoms with E-state index in [0.717, 1.165) is 31.3 Å². The molecule has 34 heavy (non-hydrogen) atoms. The van der Waals surface area contributed by atoms with Crippen molar-refractivity contribution in [3.05, 3.63) is 23.3 Å². The number of carbonyl (C=O) groups excluding carboxylic acids is 1. The van der Waals surface area contributed by atoms with E-state index in [-0.39, 0.29) is 27.1 Å². The lowest BCUT2D eigenvalue weighted by Gasteiger charge is -2.68. The molecule has 4 nitrogen and oxygen atoms in total. The van der Waals surface area contributed by atoms with E-state index in [1.807, 2.05) is 0 Å². The van der Waals surface area contributed by atoms with Gasteiger partial charge in [0.2, 0.25) is 0 Å². The molecule has 3 fully saturated rings. The monoisotopic (exact) mass is 468 g/mol. The molecule has 0 unspecified atom stereocenters. The van der Waals surface area contributed by atoms with Crippen molar-refractivity contribution in [1.29, 1.82) is 0 Å². The largest absolute Gasteiger partial charge is 0.481 e. The molecule has 2 N–H and O–H groups in total. The molecule has 0 aromatic rings. The fraction of sp³-hybridized carbons (Fsp3) is 0.800. The smallest absolute Gasteiger partial charge is 0.313 e. The van der Waals surface area contributed by atoms with Gasteiger partial charge >= 0.3 is 5.97 Å². The fourth-order valence-electron chi connectivity index (χ4n) is 9.74. The SMILES string of the molecule is CC1(C)CC2=C3C=C[C@@H]4[C@]5(C)CCC(=O)C(C)(C)[C@@H]5CC[C@@]4(C)[C@]3(C)CC[C@@]2(C(=O)O)C[C@H]1O. The Hall–Kier alpha value is -1.42. The number of carboxylic acid groups (broad SMARTS) is 1. The average molecular weight is 469 g/mol. The molecule has 5 aliphatic carbocycles. The third-order valence-corrected chi connectivity index (χ3v) is 12.4. The Morgan fingerprint density at radius 2 is 1.68 bits per heavy atom. The van der Waals surface area contributed by atoms with E-state index >= 15 is 0 Å². The third kappa shape index (κ3) is 2.70. The second-order valence-corrected chi connectivity index (χ2v) is 14.5. The molecule has 5 aliphatic rings. The summed E-state index contributed by atoms with van der Waals surface area (Å²) in [6.07, 6.45) is 10.2. The maximum atomic E-state index is 12.9. The van der Waals surface area contributed by atoms with E-state index in [9.17, 15) is 19.8 Å². The highest BCUT2D eigenvalue weighted by Gasteiger charge is 2.67. The van der Waals surface area contributed by atoms with Crippen LogP contribution in [0.15, 0.2) is 23.3 Å². The molecule has 0 bridgehead atoms. The van der Waals surface area contributed by atoms with E-state index in [4.69, 9.17) is 0 Å². The van der Waals surface area contributed by atoms with Crippen LogP contribution in [0.4, 0.5) is 0 Å². The number of carbonyl (C=O) groups is 2. The van der Waals surface area contributed by atoms with Gasteiger partial charge in [0.25, 0.3) is 0 Å². The lowest BCUT2D eigenvalue weighted by molar-refractivity contribution is -0.170. The second-order valence-electron chi connectivity index (χ2n) is 14.5. The van der Waals surface area contributed by atoms with Crippen molar-refractivity contribution < 1.29 is 19.8 Å². The molecular weight excluding hydrogens is 424 g/mol. The van der Waals surface area contributed by atoms with Gasteiger partial charge in [0.1, 0.15) is 5.78 Å². The van der Waals surface area contributed by atoms with Gasteiger partial charge in [-0.3, -0.25) is 9.59 Å². The van der Waals surface area contributed by atoms with Gasteiger partial charge in [0, 0.05) is 11.8 Å². The molecule has 0 saturated heterocycles. The highest BCUT2D eigenvalue weighted by molar-refractivity contribution is 5.85. The van der Waals surface area contributed by atoms with Gasteiger partial charge in [-0.25, -0.2) is 0 Å². The zero-order chi connectivity index (χ0) is 25.1. The van der Waals surface area contributed by atoms with Crippen molar-refractivity contribution in [3.8, 4) is 0 Å². The van der Waals surface area contributed by atoms with E-state index in [1.54, 1.807) is 0 Å². The topological polar surface area (TPSA) is 74.6 Å². The maximum Gasteiger partial charge on any atom is 0.313 e. The van der Waals surface area contributed by atoms with Crippen LogP contribution in [0.25, 0.3) is 0 Å². The van der Waals surface area contributed by atoms with Crippen molar-refractivity contribution in [2.45, 2.75) is 106 Å². The Balaban J connectivity index is 1.69. The number of hydrogen-bond donors (Lipinski definition) is 2. The number of aliphatic carboxylic acids is 1. The number of rotatable bonds is 1. The number of aliphatic hydroxyl groups is 1. The summed E-state index contributed by atoms with van der Waals surface area (Å²) in [5.41, 5.74) is 0.759. The van der Waals surface area contributed by atoms with Crippen LogP contribution in [-0.2, 0) is 9.59 Å². The number of allylic oxidation sites excluding steroid dienone is 3. The quantitative estimate of drug-likeness (QED) is 0.471. The molecule has 5 rings (SSSR count). The van der Waals surface area contributed by atoms with Gasteiger partial charge < -0.3 is 10.2 Å². The first-order valence-electron chi connectivity index (χ1n) is 13.4. The third-order valence-electron chi connectivity index (χ3n) is 12.4. The van der Waals surface area contributed by atoms with Gasteiger partial charge in [-0.2, -0.15) is 0 Å². The van der Waals surface area contributed by atoms with E-state index in [1.165, 1.54) is 5.57 Å². The number of ketones is 1. The molecule has 0 radical (unpaired) electrons. The Labute approximate surface area is 205 Å². The molecule has 0 amide bonds. The zero-order valence-electron chi connectivity index (χ0n) is 22.3. The van der Waals surface area contributed by atoms with Crippen LogP contribution in [0, 0.1) is 44.3 Å². The first-order valence-corrected chi connectivity index (χ1v) is 13.4. The first kappa shape index (κ1) is 24.3. The maximum absolute atomic E-state index is 12.9. The highest BCUT2D eigenvalue weighted by Crippen LogP contribution is 2.73. The van der Waals surface area contributed by atoms with E-state index in [0.29, 0.717) is 43.3 Å². The van der Waals surface area contributed by atoms with Gasteiger partial charge in [0.15, 0.2) is 0 Å². The minimum atomic E-state index is -0.947. The molecule has 0 spiro atoms. The number of Topliss-reactive ketones (excluding diaryl/α,β-unsaturated/α-hetero) is 1. The minimum Gasteiger partial charge on any atom is -0.481 e. The lowest BCUT2D eigenvalue weighted by Crippen LogP contribution is -2.63. The molecule has 3 saturated carbocycles. The Morgan fingerprint density at radius 1 is 1.00 bits per heavy atom. The summed E-state index contributed by atoms with van der Waals surface area (Å²) in [5.74, 6) is 0.405. The lowest BCUT2D eigenvalue weighted by atomic mass is 9.35. The van der Waals surface area contributed by atoms with Crippen molar-refractivity contribution in [2.24, 2.45) is 44.3 Å². The molecule has 0 aromatic heterocycles. The molecule has 4 heteroatoms. The highest BCUT2D eigenvalue weighted by atomic mass is 16.4. The summed E-state index contributed by atoms with van der Waals surface area (Å²) in [4.78, 5) is 25.6. The van der Waals surface area contributed by atoms with Gasteiger partial charge in [0.05, 0.1) is 11.5 Å². The molecule has 7 atom stereocenters. The van der Waals surface area contributed by atoms with Crippen molar-refractivity contribution in [2.75, 3.05) is 0 Å². The normalized spacial score (nSPS) is 48.9. The van der Waals surface area contributed by atoms with Crippen molar-refractivity contribution in [1.82, 2.24) is 0 Å².